The molecule has 0 aromatic heterocycles. The van der Waals surface area contributed by atoms with E-state index in [9.17, 15) is 0 Å². The molecule has 0 amide bonds. The summed E-state index contributed by atoms with van der Waals surface area (Å²) in [7, 11) is 0. The number of benzene rings is 2. The molecule has 0 saturated carbocycles. The average molecular weight is 396 g/mol. The maximum Gasteiger partial charge on any atom is 0.180 e. The maximum absolute atomic E-state index is 6.47. The van der Waals surface area contributed by atoms with Gasteiger partial charge in [0.1, 0.15) is 6.61 Å². The van der Waals surface area contributed by atoms with Gasteiger partial charge in [-0.2, -0.15) is 0 Å². The molecular weight excluding hydrogens is 369 g/mol. The molecule has 0 atom stereocenters. The number of halogens is 2. The molecule has 2 aromatic carbocycles. The lowest BCUT2D eigenvalue weighted by Crippen LogP contribution is -2.14. The van der Waals surface area contributed by atoms with E-state index in [2.05, 4.69) is 12.2 Å². The highest BCUT2D eigenvalue weighted by Crippen LogP contribution is 2.37. The number of rotatable bonds is 11. The van der Waals surface area contributed by atoms with E-state index in [1.165, 1.54) is 19.3 Å². The van der Waals surface area contributed by atoms with Gasteiger partial charge in [-0.1, -0.05) is 61.2 Å². The Hall–Kier alpha value is -1.42. The third-order valence-corrected chi connectivity index (χ3v) is 4.63. The minimum atomic E-state index is 0.341. The number of hydrogen-bond donors (Lipinski definition) is 1. The first-order valence-electron chi connectivity index (χ1n) is 9.17. The SMILES string of the molecule is CCCCCNCc1cc(Cl)c(OCc2ccccc2Cl)c(OCC)c1. The first kappa shape index (κ1) is 20.9. The molecule has 2 aromatic rings. The summed E-state index contributed by atoms with van der Waals surface area (Å²) in [6, 6.07) is 11.5. The molecule has 0 bridgehead atoms. The van der Waals surface area contributed by atoms with Crippen molar-refractivity contribution in [2.75, 3.05) is 13.2 Å². The molecule has 0 radical (unpaired) electrons. The van der Waals surface area contributed by atoms with Crippen molar-refractivity contribution >= 4 is 23.2 Å². The molecule has 0 unspecified atom stereocenters. The van der Waals surface area contributed by atoms with E-state index in [4.69, 9.17) is 32.7 Å². The molecule has 1 N–H and O–H groups in total. The van der Waals surface area contributed by atoms with E-state index in [0.29, 0.717) is 34.8 Å². The number of ether oxygens (including phenoxy) is 2. The van der Waals surface area contributed by atoms with Crippen molar-refractivity contribution in [3.05, 3.63) is 57.6 Å². The van der Waals surface area contributed by atoms with Crippen LogP contribution in [0.1, 0.15) is 44.2 Å². The van der Waals surface area contributed by atoms with Gasteiger partial charge in [0.25, 0.3) is 0 Å². The van der Waals surface area contributed by atoms with Crippen LogP contribution in [-0.2, 0) is 13.2 Å². The highest BCUT2D eigenvalue weighted by atomic mass is 35.5. The van der Waals surface area contributed by atoms with Crippen LogP contribution in [0.4, 0.5) is 0 Å². The van der Waals surface area contributed by atoms with Crippen LogP contribution in [0.3, 0.4) is 0 Å². The van der Waals surface area contributed by atoms with Gasteiger partial charge in [0.15, 0.2) is 11.5 Å². The van der Waals surface area contributed by atoms with Crippen LogP contribution in [0.2, 0.25) is 10.0 Å². The lowest BCUT2D eigenvalue weighted by atomic mass is 10.2. The van der Waals surface area contributed by atoms with E-state index in [0.717, 1.165) is 24.2 Å². The number of unbranched alkanes of at least 4 members (excludes halogenated alkanes) is 2. The molecule has 0 heterocycles. The van der Waals surface area contributed by atoms with Crippen molar-refractivity contribution in [3.63, 3.8) is 0 Å². The zero-order chi connectivity index (χ0) is 18.8. The third kappa shape index (κ3) is 6.39. The van der Waals surface area contributed by atoms with Gasteiger partial charge in [-0.05, 0) is 43.7 Å². The van der Waals surface area contributed by atoms with Crippen molar-refractivity contribution in [1.82, 2.24) is 5.32 Å². The van der Waals surface area contributed by atoms with E-state index in [1.807, 2.05) is 43.3 Å². The van der Waals surface area contributed by atoms with Gasteiger partial charge in [0, 0.05) is 17.1 Å². The second-order valence-electron chi connectivity index (χ2n) is 6.10. The molecule has 0 fully saturated rings. The van der Waals surface area contributed by atoms with Crippen molar-refractivity contribution in [2.24, 2.45) is 0 Å². The summed E-state index contributed by atoms with van der Waals surface area (Å²) in [5, 5.41) is 4.67. The van der Waals surface area contributed by atoms with Crippen molar-refractivity contribution < 1.29 is 9.47 Å². The van der Waals surface area contributed by atoms with E-state index in [-0.39, 0.29) is 0 Å². The largest absolute Gasteiger partial charge is 0.490 e. The van der Waals surface area contributed by atoms with Gasteiger partial charge in [-0.25, -0.2) is 0 Å². The quantitative estimate of drug-likeness (QED) is 0.456. The minimum Gasteiger partial charge on any atom is -0.490 e. The predicted octanol–water partition coefficient (Wildman–Crippen LogP) is 6.25. The van der Waals surface area contributed by atoms with Crippen LogP contribution in [0.5, 0.6) is 11.5 Å². The van der Waals surface area contributed by atoms with Gasteiger partial charge >= 0.3 is 0 Å². The Morgan fingerprint density at radius 3 is 2.50 bits per heavy atom. The van der Waals surface area contributed by atoms with Crippen LogP contribution in [0.25, 0.3) is 0 Å². The summed E-state index contributed by atoms with van der Waals surface area (Å²) in [5.41, 5.74) is 1.99. The molecule has 0 saturated heterocycles. The van der Waals surface area contributed by atoms with E-state index < -0.39 is 0 Å². The zero-order valence-electron chi connectivity index (χ0n) is 15.5. The van der Waals surface area contributed by atoms with Crippen LogP contribution >= 0.6 is 23.2 Å². The lowest BCUT2D eigenvalue weighted by molar-refractivity contribution is 0.269. The average Bonchev–Trinajstić information content (AvgIpc) is 2.62. The Labute approximate surface area is 166 Å². The highest BCUT2D eigenvalue weighted by molar-refractivity contribution is 6.32. The molecule has 3 nitrogen and oxygen atoms in total. The summed E-state index contributed by atoms with van der Waals surface area (Å²) in [6.45, 7) is 6.80. The maximum atomic E-state index is 6.47. The van der Waals surface area contributed by atoms with E-state index >= 15 is 0 Å². The Kier molecular flexibility index (Phi) is 9.10. The minimum absolute atomic E-state index is 0.341. The molecule has 0 aliphatic rings. The number of hydrogen-bond acceptors (Lipinski definition) is 3. The molecule has 5 heteroatoms. The molecular formula is C21H27Cl2NO2. The number of nitrogens with one attached hydrogen (secondary N) is 1. The monoisotopic (exact) mass is 395 g/mol. The molecule has 2 rings (SSSR count). The molecule has 0 aliphatic carbocycles. The molecule has 0 aliphatic heterocycles. The first-order valence-corrected chi connectivity index (χ1v) is 9.93. The summed E-state index contributed by atoms with van der Waals surface area (Å²) in [4.78, 5) is 0. The molecule has 26 heavy (non-hydrogen) atoms. The Morgan fingerprint density at radius 2 is 1.77 bits per heavy atom. The topological polar surface area (TPSA) is 30.5 Å². The predicted molar refractivity (Wildman–Crippen MR) is 110 cm³/mol. The van der Waals surface area contributed by atoms with Crippen LogP contribution in [0, 0.1) is 0 Å². The van der Waals surface area contributed by atoms with E-state index in [1.54, 1.807) is 0 Å². The second-order valence-corrected chi connectivity index (χ2v) is 6.92. The Morgan fingerprint density at radius 1 is 0.962 bits per heavy atom. The van der Waals surface area contributed by atoms with Gasteiger partial charge in [-0.15, -0.1) is 0 Å². The summed E-state index contributed by atoms with van der Waals surface area (Å²) < 4.78 is 11.7. The Balaban J connectivity index is 2.06. The van der Waals surface area contributed by atoms with Crippen LogP contribution < -0.4 is 14.8 Å². The summed E-state index contributed by atoms with van der Waals surface area (Å²) in [5.74, 6) is 1.22. The first-order chi connectivity index (χ1) is 12.7. The molecule has 142 valence electrons. The van der Waals surface area contributed by atoms with Gasteiger partial charge in [0.05, 0.1) is 11.6 Å². The fraction of sp³-hybridized carbons (Fsp3) is 0.429. The summed E-state index contributed by atoms with van der Waals surface area (Å²) >= 11 is 12.7. The lowest BCUT2D eigenvalue weighted by Gasteiger charge is -2.16. The van der Waals surface area contributed by atoms with Crippen molar-refractivity contribution in [1.29, 1.82) is 0 Å². The fourth-order valence-corrected chi connectivity index (χ4v) is 3.10. The Bertz CT molecular complexity index is 692. The molecule has 0 spiro atoms. The van der Waals surface area contributed by atoms with Gasteiger partial charge < -0.3 is 14.8 Å². The van der Waals surface area contributed by atoms with Crippen LogP contribution in [0.15, 0.2) is 36.4 Å². The highest BCUT2D eigenvalue weighted by Gasteiger charge is 2.13. The van der Waals surface area contributed by atoms with Crippen molar-refractivity contribution in [3.8, 4) is 11.5 Å². The van der Waals surface area contributed by atoms with Crippen molar-refractivity contribution in [2.45, 2.75) is 46.3 Å². The van der Waals surface area contributed by atoms with Crippen LogP contribution in [-0.4, -0.2) is 13.2 Å². The smallest absolute Gasteiger partial charge is 0.180 e. The van der Waals surface area contributed by atoms with Gasteiger partial charge in [0.2, 0.25) is 0 Å². The second kappa shape index (κ2) is 11.3. The normalized spacial score (nSPS) is 10.8. The fourth-order valence-electron chi connectivity index (χ4n) is 2.62. The zero-order valence-corrected chi connectivity index (χ0v) is 17.0. The third-order valence-electron chi connectivity index (χ3n) is 3.99. The summed E-state index contributed by atoms with van der Waals surface area (Å²) in [6.07, 6.45) is 3.65. The standard InChI is InChI=1S/C21H27Cl2NO2/c1-3-5-8-11-24-14-16-12-19(23)21(20(13-16)25-4-2)26-15-17-9-6-7-10-18(17)22/h6-7,9-10,12-13,24H,3-5,8,11,14-15H2,1-2H3. The van der Waals surface area contributed by atoms with Gasteiger partial charge in [-0.3, -0.25) is 0 Å².